The summed E-state index contributed by atoms with van der Waals surface area (Å²) in [6, 6.07) is 10.1. The summed E-state index contributed by atoms with van der Waals surface area (Å²) in [4.78, 5) is 48.6. The Labute approximate surface area is 236 Å². The number of likely N-dealkylation sites (tertiary alicyclic amines) is 1. The summed E-state index contributed by atoms with van der Waals surface area (Å²) in [6.45, 7) is 9.00. The molecule has 216 valence electrons. The minimum Gasteiger partial charge on any atom is -0.478 e. The van der Waals surface area contributed by atoms with Crippen LogP contribution in [0.4, 0.5) is 4.39 Å². The van der Waals surface area contributed by atoms with E-state index < -0.39 is 11.9 Å². The van der Waals surface area contributed by atoms with Crippen LogP contribution in [0.2, 0.25) is 0 Å². The number of carbonyl (C=O) groups excluding carboxylic acids is 2. The van der Waals surface area contributed by atoms with Crippen molar-refractivity contribution in [2.75, 3.05) is 26.2 Å². The zero-order chi connectivity index (χ0) is 29.9. The molecule has 2 aliphatic heterocycles. The Morgan fingerprint density at radius 2 is 1.61 bits per heavy atom. The van der Waals surface area contributed by atoms with Crippen LogP contribution in [0.3, 0.4) is 0 Å². The Balaban J connectivity index is 0.000000426. The van der Waals surface area contributed by atoms with E-state index in [0.717, 1.165) is 42.6 Å². The van der Waals surface area contributed by atoms with Crippen LogP contribution >= 0.6 is 0 Å². The van der Waals surface area contributed by atoms with Crippen LogP contribution in [0, 0.1) is 5.82 Å². The second-order valence-corrected chi connectivity index (χ2v) is 11.1. The van der Waals surface area contributed by atoms with Gasteiger partial charge in [0, 0.05) is 42.6 Å². The van der Waals surface area contributed by atoms with Gasteiger partial charge in [0.15, 0.2) is 5.58 Å². The van der Waals surface area contributed by atoms with E-state index in [0.29, 0.717) is 42.0 Å². The molecule has 1 aromatic heterocycles. The van der Waals surface area contributed by atoms with E-state index in [2.05, 4.69) is 30.8 Å². The van der Waals surface area contributed by atoms with Crippen LogP contribution in [-0.2, 0) is 15.0 Å². The molecule has 0 unspecified atom stereocenters. The summed E-state index contributed by atoms with van der Waals surface area (Å²) in [6.07, 6.45) is 2.91. The van der Waals surface area contributed by atoms with Gasteiger partial charge in [-0.1, -0.05) is 32.0 Å². The normalized spacial score (nSPS) is 16.2. The molecule has 10 nitrogen and oxygen atoms in total. The highest BCUT2D eigenvalue weighted by molar-refractivity contribution is 6.21. The number of piperidine rings is 1. The smallest absolute Gasteiger partial charge is 0.328 e. The highest BCUT2D eigenvalue weighted by atomic mass is 19.1. The van der Waals surface area contributed by atoms with Crippen LogP contribution in [0.5, 0.6) is 0 Å². The van der Waals surface area contributed by atoms with Gasteiger partial charge in [-0.15, -0.1) is 0 Å². The van der Waals surface area contributed by atoms with Gasteiger partial charge in [0.25, 0.3) is 11.8 Å². The number of aromatic nitrogens is 1. The minimum atomic E-state index is -1.26. The average molecular weight is 566 g/mol. The van der Waals surface area contributed by atoms with Crippen LogP contribution in [-0.4, -0.2) is 75.1 Å². The maximum Gasteiger partial charge on any atom is 0.328 e. The van der Waals surface area contributed by atoms with E-state index in [1.165, 1.54) is 17.0 Å². The van der Waals surface area contributed by atoms with E-state index in [9.17, 15) is 23.6 Å². The molecule has 2 aliphatic rings. The molecule has 0 saturated carbocycles. The van der Waals surface area contributed by atoms with Crippen LogP contribution in [0.1, 0.15) is 71.5 Å². The lowest BCUT2D eigenvalue weighted by atomic mass is 9.85. The van der Waals surface area contributed by atoms with Crippen molar-refractivity contribution in [3.63, 3.8) is 0 Å². The predicted molar refractivity (Wildman–Crippen MR) is 147 cm³/mol. The number of fused-ring (bicyclic) bond motifs is 2. The van der Waals surface area contributed by atoms with Gasteiger partial charge in [0.05, 0.1) is 16.8 Å². The lowest BCUT2D eigenvalue weighted by Crippen LogP contribution is -2.41. The van der Waals surface area contributed by atoms with Crippen molar-refractivity contribution < 1.29 is 38.3 Å². The third-order valence-corrected chi connectivity index (χ3v) is 7.28. The molecule has 11 heteroatoms. The van der Waals surface area contributed by atoms with Gasteiger partial charge in [-0.2, -0.15) is 0 Å². The fourth-order valence-corrected chi connectivity index (χ4v) is 5.00. The summed E-state index contributed by atoms with van der Waals surface area (Å²) >= 11 is 0. The molecular formula is C30H32FN3O7. The number of carboxylic acid groups (broad SMARTS) is 2. The molecule has 41 heavy (non-hydrogen) atoms. The number of nitrogens with zero attached hydrogens (tertiary/aromatic N) is 3. The fraction of sp³-hybridized carbons (Fsp3) is 0.367. The first-order chi connectivity index (χ1) is 19.3. The van der Waals surface area contributed by atoms with E-state index in [-0.39, 0.29) is 29.0 Å². The summed E-state index contributed by atoms with van der Waals surface area (Å²) in [7, 11) is 0. The van der Waals surface area contributed by atoms with Crippen molar-refractivity contribution in [1.29, 1.82) is 0 Å². The van der Waals surface area contributed by atoms with Crippen LogP contribution in [0.15, 0.2) is 53.1 Å². The SMILES string of the molecule is CC(C)(C)c1ccc2c(c1)C(=O)N(CCN1CCC(c3noc4cc(F)ccc34)CC1)C2=O.O=C(O)/C=C/C(=O)O. The maximum absolute atomic E-state index is 13.4. The number of aliphatic carboxylic acids is 2. The molecule has 3 aromatic rings. The van der Waals surface area contributed by atoms with Crippen molar-refractivity contribution in [2.24, 2.45) is 0 Å². The van der Waals surface area contributed by atoms with Crippen molar-refractivity contribution >= 4 is 34.7 Å². The average Bonchev–Trinajstić information content (AvgIpc) is 3.44. The van der Waals surface area contributed by atoms with Gasteiger partial charge in [-0.3, -0.25) is 14.5 Å². The zero-order valence-electron chi connectivity index (χ0n) is 23.1. The van der Waals surface area contributed by atoms with Gasteiger partial charge >= 0.3 is 11.9 Å². The number of carbonyl (C=O) groups is 4. The molecule has 1 saturated heterocycles. The van der Waals surface area contributed by atoms with Gasteiger partial charge < -0.3 is 19.6 Å². The summed E-state index contributed by atoms with van der Waals surface area (Å²) in [5.41, 5.74) is 3.35. The van der Waals surface area contributed by atoms with Gasteiger partial charge in [-0.25, -0.2) is 14.0 Å². The molecule has 1 fully saturated rings. The third kappa shape index (κ3) is 6.86. The summed E-state index contributed by atoms with van der Waals surface area (Å²) < 4.78 is 18.7. The number of benzene rings is 2. The van der Waals surface area contributed by atoms with E-state index >= 15 is 0 Å². The topological polar surface area (TPSA) is 141 Å². The van der Waals surface area contributed by atoms with Crippen molar-refractivity contribution in [1.82, 2.24) is 15.0 Å². The summed E-state index contributed by atoms with van der Waals surface area (Å²) in [5.74, 6) is -2.99. The number of carboxylic acids is 2. The van der Waals surface area contributed by atoms with Crippen molar-refractivity contribution in [3.05, 3.63) is 76.8 Å². The minimum absolute atomic E-state index is 0.0839. The molecule has 3 heterocycles. The molecule has 0 aliphatic carbocycles. The number of hydrogen-bond donors (Lipinski definition) is 2. The lowest BCUT2D eigenvalue weighted by Gasteiger charge is -2.32. The molecule has 0 bridgehead atoms. The Morgan fingerprint density at radius 1 is 0.976 bits per heavy atom. The number of rotatable bonds is 6. The quantitative estimate of drug-likeness (QED) is 0.327. The standard InChI is InChI=1S/C26H28FN3O3.C4H4O4/c1-26(2,3)17-4-6-19-21(14-17)25(32)30(24(19)31)13-12-29-10-8-16(9-11-29)23-20-7-5-18(27)15-22(20)33-28-23;5-3(6)1-2-4(7)8/h4-7,14-16H,8-13H2,1-3H3;1-2H,(H,5,6)(H,7,8)/b;2-1+. The largest absolute Gasteiger partial charge is 0.478 e. The highest BCUT2D eigenvalue weighted by Gasteiger charge is 2.36. The number of halogens is 1. The van der Waals surface area contributed by atoms with Gasteiger partial charge in [-0.05, 0) is 61.2 Å². The molecule has 5 rings (SSSR count). The highest BCUT2D eigenvalue weighted by Crippen LogP contribution is 2.33. The molecule has 0 spiro atoms. The lowest BCUT2D eigenvalue weighted by molar-refractivity contribution is -0.134. The van der Waals surface area contributed by atoms with Gasteiger partial charge in [0.1, 0.15) is 5.82 Å². The molecule has 2 aromatic carbocycles. The molecule has 2 amide bonds. The Kier molecular flexibility index (Phi) is 8.67. The fourth-order valence-electron chi connectivity index (χ4n) is 5.00. The first-order valence-corrected chi connectivity index (χ1v) is 13.3. The molecule has 2 N–H and O–H groups in total. The van der Waals surface area contributed by atoms with Crippen molar-refractivity contribution in [3.8, 4) is 0 Å². The first-order valence-electron chi connectivity index (χ1n) is 13.3. The second kappa shape index (κ2) is 12.0. The number of imide groups is 1. The Hall–Kier alpha value is -4.38. The number of hydrogen-bond acceptors (Lipinski definition) is 7. The monoisotopic (exact) mass is 565 g/mol. The molecular weight excluding hydrogens is 533 g/mol. The number of amides is 2. The molecule has 0 atom stereocenters. The van der Waals surface area contributed by atoms with Crippen molar-refractivity contribution in [2.45, 2.75) is 44.9 Å². The second-order valence-electron chi connectivity index (χ2n) is 11.1. The van der Waals surface area contributed by atoms with Crippen LogP contribution < -0.4 is 0 Å². The maximum atomic E-state index is 13.4. The van der Waals surface area contributed by atoms with E-state index in [1.54, 1.807) is 12.1 Å². The Morgan fingerprint density at radius 3 is 2.22 bits per heavy atom. The van der Waals surface area contributed by atoms with Gasteiger partial charge in [0.2, 0.25) is 0 Å². The predicted octanol–water partition coefficient (Wildman–Crippen LogP) is 4.45. The molecule has 0 radical (unpaired) electrons. The van der Waals surface area contributed by atoms with E-state index in [1.807, 2.05) is 12.1 Å². The zero-order valence-corrected chi connectivity index (χ0v) is 23.1. The van der Waals surface area contributed by atoms with Crippen LogP contribution in [0.25, 0.3) is 11.0 Å². The first kappa shape index (κ1) is 29.6. The Bertz CT molecular complexity index is 1500. The summed E-state index contributed by atoms with van der Waals surface area (Å²) in [5, 5.41) is 20.7. The third-order valence-electron chi connectivity index (χ3n) is 7.28. The van der Waals surface area contributed by atoms with E-state index in [4.69, 9.17) is 14.7 Å².